The second-order valence-electron chi connectivity index (χ2n) is 5.73. The molecule has 2 fully saturated rings. The first-order valence-electron chi connectivity index (χ1n) is 7.87. The van der Waals surface area contributed by atoms with Crippen molar-refractivity contribution in [2.45, 2.75) is 31.7 Å². The Labute approximate surface area is 125 Å². The predicted molar refractivity (Wildman–Crippen MR) is 82.2 cm³/mol. The third kappa shape index (κ3) is 3.79. The molecule has 0 aliphatic carbocycles. The molecule has 1 aromatic rings. The Morgan fingerprint density at radius 1 is 1.20 bits per heavy atom. The second kappa shape index (κ2) is 7.50. The lowest BCUT2D eigenvalue weighted by Crippen LogP contribution is -2.37. The zero-order valence-corrected chi connectivity index (χ0v) is 13.0. The van der Waals surface area contributed by atoms with Gasteiger partial charge in [0, 0.05) is 24.7 Å². The number of aromatic nitrogens is 1. The third-order valence-electron chi connectivity index (χ3n) is 4.37. The Kier molecular flexibility index (Phi) is 5.42. The molecule has 2 saturated heterocycles. The van der Waals surface area contributed by atoms with Crippen molar-refractivity contribution in [1.29, 1.82) is 0 Å². The zero-order valence-electron chi connectivity index (χ0n) is 12.2. The first-order chi connectivity index (χ1) is 9.93. The Balaban J connectivity index is 1.37. The van der Waals surface area contributed by atoms with Gasteiger partial charge in [-0.15, -0.1) is 11.3 Å². The van der Waals surface area contributed by atoms with Crippen LogP contribution in [0.5, 0.6) is 0 Å². The molecule has 0 unspecified atom stereocenters. The molecular formula is C15H25N3OS. The fraction of sp³-hybridized carbons (Fsp3) is 0.800. The van der Waals surface area contributed by atoms with E-state index in [0.29, 0.717) is 6.04 Å². The molecule has 1 atom stereocenters. The van der Waals surface area contributed by atoms with Crippen molar-refractivity contribution >= 4 is 11.3 Å². The van der Waals surface area contributed by atoms with Gasteiger partial charge in [-0.05, 0) is 45.3 Å². The van der Waals surface area contributed by atoms with E-state index in [4.69, 9.17) is 4.74 Å². The van der Waals surface area contributed by atoms with E-state index in [-0.39, 0.29) is 0 Å². The van der Waals surface area contributed by atoms with Gasteiger partial charge >= 0.3 is 0 Å². The van der Waals surface area contributed by atoms with Gasteiger partial charge in [0.25, 0.3) is 0 Å². The number of thiazole rings is 1. The molecule has 4 nitrogen and oxygen atoms in total. The van der Waals surface area contributed by atoms with Crippen molar-refractivity contribution in [3.05, 3.63) is 16.6 Å². The summed E-state index contributed by atoms with van der Waals surface area (Å²) in [5.74, 6) is 0. The first-order valence-corrected chi connectivity index (χ1v) is 8.75. The standard InChI is InChI=1S/C15H25N3OS/c1(6-17-9-11-19-12-10-17)2-7-18-8-3-4-14(18)15-16-5-13-20-15/h5,13-14H,1-4,6-12H2/t14-/m0/s1. The van der Waals surface area contributed by atoms with Gasteiger partial charge in [-0.25, -0.2) is 4.98 Å². The van der Waals surface area contributed by atoms with Gasteiger partial charge in [0.2, 0.25) is 0 Å². The molecule has 0 bridgehead atoms. The number of unbranched alkanes of at least 4 members (excludes halogenated alkanes) is 1. The number of ether oxygens (including phenoxy) is 1. The number of nitrogens with zero attached hydrogens (tertiary/aromatic N) is 3. The van der Waals surface area contributed by atoms with Crippen LogP contribution in [0.2, 0.25) is 0 Å². The predicted octanol–water partition coefficient (Wildman–Crippen LogP) is 2.39. The van der Waals surface area contributed by atoms with E-state index in [1.165, 1.54) is 50.3 Å². The molecule has 1 aromatic heterocycles. The van der Waals surface area contributed by atoms with Crippen LogP contribution in [-0.4, -0.2) is 60.7 Å². The van der Waals surface area contributed by atoms with Crippen LogP contribution in [0, 0.1) is 0 Å². The van der Waals surface area contributed by atoms with Crippen molar-refractivity contribution in [3.63, 3.8) is 0 Å². The normalized spacial score (nSPS) is 25.3. The summed E-state index contributed by atoms with van der Waals surface area (Å²) in [4.78, 5) is 9.68. The molecular weight excluding hydrogens is 270 g/mol. The molecule has 0 N–H and O–H groups in total. The SMILES string of the molecule is c1csc([C@@H]2CCCN2CCCCN2CCOCC2)n1. The minimum Gasteiger partial charge on any atom is -0.379 e. The van der Waals surface area contributed by atoms with E-state index in [0.717, 1.165) is 26.3 Å². The third-order valence-corrected chi connectivity index (χ3v) is 5.25. The maximum Gasteiger partial charge on any atom is 0.110 e. The number of rotatable bonds is 6. The van der Waals surface area contributed by atoms with Gasteiger partial charge in [-0.2, -0.15) is 0 Å². The molecule has 112 valence electrons. The monoisotopic (exact) mass is 295 g/mol. The summed E-state index contributed by atoms with van der Waals surface area (Å²) in [5.41, 5.74) is 0. The summed E-state index contributed by atoms with van der Waals surface area (Å²) in [7, 11) is 0. The van der Waals surface area contributed by atoms with Crippen LogP contribution in [0.1, 0.15) is 36.7 Å². The van der Waals surface area contributed by atoms with Gasteiger partial charge in [-0.3, -0.25) is 9.80 Å². The van der Waals surface area contributed by atoms with Crippen LogP contribution in [0.15, 0.2) is 11.6 Å². The molecule has 5 heteroatoms. The van der Waals surface area contributed by atoms with Gasteiger partial charge < -0.3 is 4.74 Å². The molecule has 2 aliphatic rings. The highest BCUT2D eigenvalue weighted by Gasteiger charge is 2.27. The number of morpholine rings is 1. The first kappa shape index (κ1) is 14.4. The Morgan fingerprint density at radius 3 is 2.85 bits per heavy atom. The van der Waals surface area contributed by atoms with Crippen molar-refractivity contribution in [2.24, 2.45) is 0 Å². The molecule has 0 amide bonds. The van der Waals surface area contributed by atoms with E-state index in [2.05, 4.69) is 20.2 Å². The van der Waals surface area contributed by atoms with Crippen LogP contribution < -0.4 is 0 Å². The second-order valence-corrected chi connectivity index (χ2v) is 6.65. The van der Waals surface area contributed by atoms with Crippen LogP contribution in [0.25, 0.3) is 0 Å². The summed E-state index contributed by atoms with van der Waals surface area (Å²) < 4.78 is 5.39. The number of hydrogen-bond donors (Lipinski definition) is 0. The average Bonchev–Trinajstić information content (AvgIpc) is 3.15. The van der Waals surface area contributed by atoms with Crippen LogP contribution in [0.3, 0.4) is 0 Å². The minimum atomic E-state index is 0.596. The highest BCUT2D eigenvalue weighted by atomic mass is 32.1. The average molecular weight is 295 g/mol. The van der Waals surface area contributed by atoms with Crippen LogP contribution >= 0.6 is 11.3 Å². The van der Waals surface area contributed by atoms with Crippen molar-refractivity contribution in [1.82, 2.24) is 14.8 Å². The summed E-state index contributed by atoms with van der Waals surface area (Å²) >= 11 is 1.81. The lowest BCUT2D eigenvalue weighted by Gasteiger charge is -2.27. The van der Waals surface area contributed by atoms with E-state index in [1.54, 1.807) is 0 Å². The number of hydrogen-bond acceptors (Lipinski definition) is 5. The number of likely N-dealkylation sites (tertiary alicyclic amines) is 1. The minimum absolute atomic E-state index is 0.596. The fourth-order valence-corrected chi connectivity index (χ4v) is 4.05. The molecule has 2 aliphatic heterocycles. The molecule has 0 aromatic carbocycles. The summed E-state index contributed by atoms with van der Waals surface area (Å²) in [6.07, 6.45) is 7.17. The van der Waals surface area contributed by atoms with Crippen molar-refractivity contribution in [2.75, 3.05) is 45.9 Å². The van der Waals surface area contributed by atoms with Crippen LogP contribution in [-0.2, 0) is 4.74 Å². The van der Waals surface area contributed by atoms with E-state index < -0.39 is 0 Å². The van der Waals surface area contributed by atoms with Crippen LogP contribution in [0.4, 0.5) is 0 Å². The zero-order chi connectivity index (χ0) is 13.6. The van der Waals surface area contributed by atoms with Gasteiger partial charge in [-0.1, -0.05) is 0 Å². The van der Waals surface area contributed by atoms with Crippen molar-refractivity contribution < 1.29 is 4.74 Å². The fourth-order valence-electron chi connectivity index (χ4n) is 3.25. The lowest BCUT2D eigenvalue weighted by molar-refractivity contribution is 0.0368. The highest BCUT2D eigenvalue weighted by molar-refractivity contribution is 7.09. The Hall–Kier alpha value is -0.490. The molecule has 20 heavy (non-hydrogen) atoms. The topological polar surface area (TPSA) is 28.6 Å². The Morgan fingerprint density at radius 2 is 2.05 bits per heavy atom. The highest BCUT2D eigenvalue weighted by Crippen LogP contribution is 2.32. The maximum absolute atomic E-state index is 5.39. The molecule has 3 rings (SSSR count). The quantitative estimate of drug-likeness (QED) is 0.754. The summed E-state index contributed by atoms with van der Waals surface area (Å²) in [6.45, 7) is 7.78. The van der Waals surface area contributed by atoms with Crippen molar-refractivity contribution in [3.8, 4) is 0 Å². The van der Waals surface area contributed by atoms with Gasteiger partial charge in [0.15, 0.2) is 0 Å². The maximum atomic E-state index is 5.39. The van der Waals surface area contributed by atoms with Gasteiger partial charge in [0.1, 0.15) is 5.01 Å². The molecule has 0 spiro atoms. The van der Waals surface area contributed by atoms with E-state index >= 15 is 0 Å². The van der Waals surface area contributed by atoms with E-state index in [1.807, 2.05) is 17.5 Å². The summed E-state index contributed by atoms with van der Waals surface area (Å²) in [5, 5.41) is 3.42. The lowest BCUT2D eigenvalue weighted by atomic mass is 10.2. The Bertz CT molecular complexity index is 378. The van der Waals surface area contributed by atoms with E-state index in [9.17, 15) is 0 Å². The molecule has 0 saturated carbocycles. The molecule has 0 radical (unpaired) electrons. The van der Waals surface area contributed by atoms with Gasteiger partial charge in [0.05, 0.1) is 19.3 Å². The molecule has 3 heterocycles. The summed E-state index contributed by atoms with van der Waals surface area (Å²) in [6, 6.07) is 0.596. The largest absolute Gasteiger partial charge is 0.379 e. The smallest absolute Gasteiger partial charge is 0.110 e.